The molecule has 0 bridgehead atoms. The Kier molecular flexibility index (Phi) is 7.56. The lowest BCUT2D eigenvalue weighted by Gasteiger charge is -2.10. The van der Waals surface area contributed by atoms with Crippen LogP contribution >= 0.6 is 0 Å². The van der Waals surface area contributed by atoms with Crippen LogP contribution in [0.1, 0.15) is 27.9 Å². The molecular formula is C30H25N5O3. The zero-order chi connectivity index (χ0) is 26.2. The second kappa shape index (κ2) is 11.7. The molecule has 0 saturated carbocycles. The van der Waals surface area contributed by atoms with Gasteiger partial charge in [0.2, 0.25) is 0 Å². The second-order valence-electron chi connectivity index (χ2n) is 8.55. The number of nitrogens with zero attached hydrogens (tertiary/aromatic N) is 4. The average Bonchev–Trinajstić information content (AvgIpc) is 3.40. The fourth-order valence-electron chi connectivity index (χ4n) is 3.93. The molecule has 0 unspecified atom stereocenters. The molecule has 1 amide bonds. The Morgan fingerprint density at radius 2 is 1.79 bits per heavy atom. The Morgan fingerprint density at radius 3 is 2.58 bits per heavy atom. The number of carbonyl (C=O) groups is 1. The van der Waals surface area contributed by atoms with Crippen molar-refractivity contribution < 1.29 is 14.3 Å². The first-order chi connectivity index (χ1) is 18.7. The zero-order valence-corrected chi connectivity index (χ0v) is 20.6. The predicted octanol–water partition coefficient (Wildman–Crippen LogP) is 5.07. The van der Waals surface area contributed by atoms with E-state index in [1.807, 2.05) is 47.0 Å². The van der Waals surface area contributed by atoms with E-state index in [0.29, 0.717) is 37.3 Å². The summed E-state index contributed by atoms with van der Waals surface area (Å²) in [6.45, 7) is 1.42. The van der Waals surface area contributed by atoms with Crippen LogP contribution in [0, 0.1) is 11.3 Å². The van der Waals surface area contributed by atoms with Crippen molar-refractivity contribution in [2.75, 3.05) is 13.2 Å². The van der Waals surface area contributed by atoms with E-state index >= 15 is 0 Å². The number of aromatic nitrogens is 3. The molecule has 2 heterocycles. The van der Waals surface area contributed by atoms with Gasteiger partial charge < -0.3 is 14.8 Å². The molecule has 188 valence electrons. The minimum atomic E-state index is -0.163. The molecule has 8 nitrogen and oxygen atoms in total. The number of benzene rings is 3. The van der Waals surface area contributed by atoms with Crippen LogP contribution in [-0.2, 0) is 6.54 Å². The van der Waals surface area contributed by atoms with E-state index < -0.39 is 0 Å². The van der Waals surface area contributed by atoms with Crippen molar-refractivity contribution in [1.29, 1.82) is 5.26 Å². The van der Waals surface area contributed by atoms with Gasteiger partial charge in [0.1, 0.15) is 17.8 Å². The van der Waals surface area contributed by atoms with Crippen LogP contribution in [0.3, 0.4) is 0 Å². The van der Waals surface area contributed by atoms with Crippen molar-refractivity contribution >= 4 is 16.9 Å². The van der Waals surface area contributed by atoms with Gasteiger partial charge in [-0.2, -0.15) is 5.26 Å². The van der Waals surface area contributed by atoms with Crippen LogP contribution in [0.5, 0.6) is 11.5 Å². The van der Waals surface area contributed by atoms with Gasteiger partial charge in [-0.1, -0.05) is 12.1 Å². The number of hydrogen-bond donors (Lipinski definition) is 1. The second-order valence-corrected chi connectivity index (χ2v) is 8.55. The first-order valence-corrected chi connectivity index (χ1v) is 12.2. The number of ether oxygens (including phenoxy) is 2. The normalized spacial score (nSPS) is 10.6. The molecule has 0 spiro atoms. The summed E-state index contributed by atoms with van der Waals surface area (Å²) in [5.74, 6) is 1.31. The van der Waals surface area contributed by atoms with Gasteiger partial charge in [0.15, 0.2) is 0 Å². The molecule has 0 aliphatic carbocycles. The number of nitriles is 1. The van der Waals surface area contributed by atoms with E-state index in [-0.39, 0.29) is 5.91 Å². The van der Waals surface area contributed by atoms with Crippen molar-refractivity contribution in [3.63, 3.8) is 0 Å². The van der Waals surface area contributed by atoms with Crippen LogP contribution in [0.25, 0.3) is 16.7 Å². The number of carbonyl (C=O) groups excluding carboxylic acids is 1. The van der Waals surface area contributed by atoms with E-state index in [1.165, 1.54) is 0 Å². The van der Waals surface area contributed by atoms with Gasteiger partial charge in [-0.3, -0.25) is 14.3 Å². The maximum atomic E-state index is 12.6. The summed E-state index contributed by atoms with van der Waals surface area (Å²) < 4.78 is 13.6. The summed E-state index contributed by atoms with van der Waals surface area (Å²) >= 11 is 0. The molecular weight excluding hydrogens is 478 g/mol. The lowest BCUT2D eigenvalue weighted by atomic mass is 10.1. The lowest BCUT2D eigenvalue weighted by Crippen LogP contribution is -2.22. The highest BCUT2D eigenvalue weighted by molar-refractivity contribution is 5.97. The van der Waals surface area contributed by atoms with Crippen LogP contribution in [0.15, 0.2) is 97.6 Å². The van der Waals surface area contributed by atoms with E-state index in [1.54, 1.807) is 55.1 Å². The van der Waals surface area contributed by atoms with Crippen LogP contribution in [0.4, 0.5) is 0 Å². The standard InChI is InChI=1S/C30H25N5O3/c31-18-22-7-10-26(11-8-22)37-14-3-15-38-27-6-1-5-25(17-27)35-21-34-28-16-24(9-12-29(28)35)30(36)33-20-23-4-2-13-32-19-23/h1-2,4-13,16-17,19,21H,3,14-15,20H2,(H,33,36). The van der Waals surface area contributed by atoms with Crippen LogP contribution < -0.4 is 14.8 Å². The van der Waals surface area contributed by atoms with Crippen molar-refractivity contribution in [2.45, 2.75) is 13.0 Å². The fraction of sp³-hybridized carbons (Fsp3) is 0.133. The van der Waals surface area contributed by atoms with E-state index in [2.05, 4.69) is 21.4 Å². The summed E-state index contributed by atoms with van der Waals surface area (Å²) in [6, 6.07) is 26.2. The molecule has 38 heavy (non-hydrogen) atoms. The van der Waals surface area contributed by atoms with Crippen molar-refractivity contribution in [3.8, 4) is 23.3 Å². The topological polar surface area (TPSA) is 102 Å². The van der Waals surface area contributed by atoms with Gasteiger partial charge in [-0.25, -0.2) is 4.98 Å². The minimum absolute atomic E-state index is 0.163. The number of imidazole rings is 1. The number of nitrogens with one attached hydrogen (secondary N) is 1. The third-order valence-corrected chi connectivity index (χ3v) is 5.89. The SMILES string of the molecule is N#Cc1ccc(OCCCOc2cccc(-n3cnc4cc(C(=O)NCc5cccnc5)ccc43)c2)cc1. The third-order valence-electron chi connectivity index (χ3n) is 5.89. The smallest absolute Gasteiger partial charge is 0.251 e. The summed E-state index contributed by atoms with van der Waals surface area (Å²) in [4.78, 5) is 21.2. The first-order valence-electron chi connectivity index (χ1n) is 12.2. The van der Waals surface area contributed by atoms with Gasteiger partial charge >= 0.3 is 0 Å². The highest BCUT2D eigenvalue weighted by Crippen LogP contribution is 2.23. The Balaban J connectivity index is 1.17. The fourth-order valence-corrected chi connectivity index (χ4v) is 3.93. The van der Waals surface area contributed by atoms with E-state index in [9.17, 15) is 4.79 Å². The molecule has 5 rings (SSSR count). The largest absolute Gasteiger partial charge is 0.493 e. The molecule has 3 aromatic carbocycles. The monoisotopic (exact) mass is 503 g/mol. The van der Waals surface area contributed by atoms with E-state index in [4.69, 9.17) is 14.7 Å². The molecule has 0 radical (unpaired) electrons. The predicted molar refractivity (Wildman–Crippen MR) is 143 cm³/mol. The molecule has 1 N–H and O–H groups in total. The van der Waals surface area contributed by atoms with Crippen LogP contribution in [0.2, 0.25) is 0 Å². The van der Waals surface area contributed by atoms with Gasteiger partial charge in [-0.05, 0) is 66.2 Å². The maximum Gasteiger partial charge on any atom is 0.251 e. The van der Waals surface area contributed by atoms with Crippen molar-refractivity contribution in [2.24, 2.45) is 0 Å². The van der Waals surface area contributed by atoms with Gasteiger partial charge in [0.25, 0.3) is 5.91 Å². The number of hydrogen-bond acceptors (Lipinski definition) is 6. The van der Waals surface area contributed by atoms with Crippen LogP contribution in [-0.4, -0.2) is 33.7 Å². The summed E-state index contributed by atoms with van der Waals surface area (Å²) in [7, 11) is 0. The lowest BCUT2D eigenvalue weighted by molar-refractivity contribution is 0.0951. The highest BCUT2D eigenvalue weighted by atomic mass is 16.5. The molecule has 8 heteroatoms. The third kappa shape index (κ3) is 5.97. The van der Waals surface area contributed by atoms with Crippen molar-refractivity contribution in [3.05, 3.63) is 114 Å². The zero-order valence-electron chi connectivity index (χ0n) is 20.6. The van der Waals surface area contributed by atoms with E-state index in [0.717, 1.165) is 33.8 Å². The number of pyridine rings is 1. The van der Waals surface area contributed by atoms with Crippen molar-refractivity contribution in [1.82, 2.24) is 19.9 Å². The van der Waals surface area contributed by atoms with Gasteiger partial charge in [0.05, 0.1) is 41.6 Å². The molecule has 5 aromatic rings. The number of amides is 1. The summed E-state index contributed by atoms with van der Waals surface area (Å²) in [6.07, 6.45) is 5.89. The first kappa shape index (κ1) is 24.5. The highest BCUT2D eigenvalue weighted by Gasteiger charge is 2.11. The molecule has 2 aromatic heterocycles. The summed E-state index contributed by atoms with van der Waals surface area (Å²) in [5.41, 5.74) is 4.62. The quantitative estimate of drug-likeness (QED) is 0.267. The van der Waals surface area contributed by atoms with Gasteiger partial charge in [0, 0.05) is 37.0 Å². The molecule has 0 atom stereocenters. The molecule has 0 saturated heterocycles. The van der Waals surface area contributed by atoms with Gasteiger partial charge in [-0.15, -0.1) is 0 Å². The molecule has 0 aliphatic rings. The Labute approximate surface area is 220 Å². The number of fused-ring (bicyclic) bond motifs is 1. The molecule has 0 fully saturated rings. The maximum absolute atomic E-state index is 12.6. The number of rotatable bonds is 10. The Bertz CT molecular complexity index is 1570. The average molecular weight is 504 g/mol. The summed E-state index contributed by atoms with van der Waals surface area (Å²) in [5, 5.41) is 11.8. The Morgan fingerprint density at radius 1 is 0.947 bits per heavy atom. The minimum Gasteiger partial charge on any atom is -0.493 e. The Hall–Kier alpha value is -5.16. The molecule has 0 aliphatic heterocycles.